The van der Waals surface area contributed by atoms with E-state index in [2.05, 4.69) is 15.7 Å². The molecule has 0 aliphatic heterocycles. The minimum Gasteiger partial charge on any atom is -0.337 e. The summed E-state index contributed by atoms with van der Waals surface area (Å²) in [4.78, 5) is 11.6. The molecule has 1 heterocycles. The molecule has 0 fully saturated rings. The van der Waals surface area contributed by atoms with Gasteiger partial charge >= 0.3 is 6.03 Å². The van der Waals surface area contributed by atoms with Crippen molar-refractivity contribution in [2.24, 2.45) is 5.92 Å². The van der Waals surface area contributed by atoms with Crippen LogP contribution < -0.4 is 10.6 Å². The summed E-state index contributed by atoms with van der Waals surface area (Å²) >= 11 is 0. The van der Waals surface area contributed by atoms with Gasteiger partial charge in [-0.1, -0.05) is 0 Å². The van der Waals surface area contributed by atoms with Crippen LogP contribution in [0.1, 0.15) is 12.5 Å². The normalized spacial score (nSPS) is 11.0. The number of amides is 2. The van der Waals surface area contributed by atoms with Gasteiger partial charge < -0.3 is 10.6 Å². The number of nitrogens with one attached hydrogen (secondary N) is 2. The zero-order valence-electron chi connectivity index (χ0n) is 11.9. The summed E-state index contributed by atoms with van der Waals surface area (Å²) in [6.07, 6.45) is 3.11. The van der Waals surface area contributed by atoms with Gasteiger partial charge in [-0.15, -0.1) is 0 Å². The molecular weight excluding hydrogens is 280 g/mol. The van der Waals surface area contributed by atoms with Gasteiger partial charge in [0.1, 0.15) is 6.07 Å². The van der Waals surface area contributed by atoms with Crippen LogP contribution in [0.3, 0.4) is 0 Å². The largest absolute Gasteiger partial charge is 0.337 e. The van der Waals surface area contributed by atoms with Gasteiger partial charge in [-0.05, 0) is 31.2 Å². The summed E-state index contributed by atoms with van der Waals surface area (Å²) in [7, 11) is 0. The fourth-order valence-corrected chi connectivity index (χ4v) is 1.69. The lowest BCUT2D eigenvalue weighted by atomic mass is 10.2. The van der Waals surface area contributed by atoms with E-state index in [0.29, 0.717) is 17.8 Å². The van der Waals surface area contributed by atoms with Gasteiger partial charge in [0.05, 0.1) is 29.4 Å². The number of aromatic nitrogens is 2. The van der Waals surface area contributed by atoms with Gasteiger partial charge in [-0.2, -0.15) is 15.6 Å². The van der Waals surface area contributed by atoms with E-state index in [-0.39, 0.29) is 11.9 Å². The molecule has 0 radical (unpaired) electrons. The van der Waals surface area contributed by atoms with Crippen LogP contribution in [0.25, 0.3) is 5.69 Å². The van der Waals surface area contributed by atoms with E-state index in [0.717, 1.165) is 5.69 Å². The van der Waals surface area contributed by atoms with Crippen molar-refractivity contribution in [1.82, 2.24) is 15.1 Å². The SMILES string of the molecule is CC(C#N)CNC(=O)Nc1ccc(-n2cc(C#N)cn2)cc1. The Balaban J connectivity index is 1.96. The van der Waals surface area contributed by atoms with E-state index >= 15 is 0 Å². The van der Waals surface area contributed by atoms with Gasteiger partial charge in [0.25, 0.3) is 0 Å². The van der Waals surface area contributed by atoms with E-state index in [1.807, 2.05) is 12.1 Å². The number of anilines is 1. The summed E-state index contributed by atoms with van der Waals surface area (Å²) < 4.78 is 1.58. The van der Waals surface area contributed by atoms with Crippen LogP contribution in [0.2, 0.25) is 0 Å². The molecule has 22 heavy (non-hydrogen) atoms. The van der Waals surface area contributed by atoms with E-state index in [9.17, 15) is 4.79 Å². The highest BCUT2D eigenvalue weighted by Crippen LogP contribution is 2.13. The van der Waals surface area contributed by atoms with E-state index in [1.54, 1.807) is 42.1 Å². The fourth-order valence-electron chi connectivity index (χ4n) is 1.69. The van der Waals surface area contributed by atoms with Gasteiger partial charge in [0.15, 0.2) is 0 Å². The molecule has 2 aromatic rings. The molecule has 7 nitrogen and oxygen atoms in total. The molecule has 2 rings (SSSR count). The zero-order chi connectivity index (χ0) is 15.9. The number of hydrogen-bond acceptors (Lipinski definition) is 4. The predicted molar refractivity (Wildman–Crippen MR) is 80.1 cm³/mol. The topological polar surface area (TPSA) is 107 Å². The number of hydrogen-bond donors (Lipinski definition) is 2. The van der Waals surface area contributed by atoms with Crippen molar-refractivity contribution in [3.05, 3.63) is 42.2 Å². The lowest BCUT2D eigenvalue weighted by Crippen LogP contribution is -2.31. The summed E-state index contributed by atoms with van der Waals surface area (Å²) in [6, 6.07) is 10.7. The number of nitrogens with zero attached hydrogens (tertiary/aromatic N) is 4. The second-order valence-corrected chi connectivity index (χ2v) is 4.70. The van der Waals surface area contributed by atoms with Gasteiger partial charge in [0, 0.05) is 18.4 Å². The van der Waals surface area contributed by atoms with Crippen molar-refractivity contribution >= 4 is 11.7 Å². The fraction of sp³-hybridized carbons (Fsp3) is 0.200. The number of carbonyl (C=O) groups is 1. The molecule has 1 atom stereocenters. The van der Waals surface area contributed by atoms with Crippen LogP contribution >= 0.6 is 0 Å². The third-order valence-electron chi connectivity index (χ3n) is 2.89. The number of benzene rings is 1. The smallest absolute Gasteiger partial charge is 0.319 e. The Labute approximate surface area is 127 Å². The first kappa shape index (κ1) is 15.1. The van der Waals surface area contributed by atoms with Crippen LogP contribution in [0.15, 0.2) is 36.7 Å². The van der Waals surface area contributed by atoms with Crippen LogP contribution in [-0.4, -0.2) is 22.4 Å². The number of urea groups is 1. The first-order chi connectivity index (χ1) is 10.6. The Kier molecular flexibility index (Phi) is 4.74. The molecule has 0 saturated carbocycles. The Morgan fingerprint density at radius 3 is 2.68 bits per heavy atom. The van der Waals surface area contributed by atoms with Crippen LogP contribution in [0.4, 0.5) is 10.5 Å². The molecule has 2 amide bonds. The first-order valence-electron chi connectivity index (χ1n) is 6.62. The Morgan fingerprint density at radius 2 is 2.09 bits per heavy atom. The third kappa shape index (κ3) is 3.84. The number of nitriles is 2. The van der Waals surface area contributed by atoms with Crippen molar-refractivity contribution in [3.8, 4) is 17.8 Å². The molecule has 110 valence electrons. The highest BCUT2D eigenvalue weighted by Gasteiger charge is 2.05. The lowest BCUT2D eigenvalue weighted by Gasteiger charge is -2.09. The van der Waals surface area contributed by atoms with Crippen molar-refractivity contribution < 1.29 is 4.79 Å². The summed E-state index contributed by atoms with van der Waals surface area (Å²) in [6.45, 7) is 2.03. The van der Waals surface area contributed by atoms with Crippen LogP contribution in [0, 0.1) is 28.6 Å². The molecule has 0 aliphatic rings. The van der Waals surface area contributed by atoms with Crippen molar-refractivity contribution in [2.75, 3.05) is 11.9 Å². The molecule has 1 unspecified atom stereocenters. The lowest BCUT2D eigenvalue weighted by molar-refractivity contribution is 0.251. The highest BCUT2D eigenvalue weighted by atomic mass is 16.2. The number of carbonyl (C=O) groups excluding carboxylic acids is 1. The van der Waals surface area contributed by atoms with Crippen molar-refractivity contribution in [3.63, 3.8) is 0 Å². The summed E-state index contributed by atoms with van der Waals surface area (Å²) in [5.74, 6) is -0.234. The van der Waals surface area contributed by atoms with E-state index in [1.165, 1.54) is 6.20 Å². The van der Waals surface area contributed by atoms with E-state index in [4.69, 9.17) is 10.5 Å². The maximum absolute atomic E-state index is 11.6. The molecule has 0 aliphatic carbocycles. The Morgan fingerprint density at radius 1 is 1.36 bits per heavy atom. The minimum atomic E-state index is -0.360. The standard InChI is InChI=1S/C15H14N6O/c1-11(6-16)8-18-15(22)20-13-2-4-14(5-3-13)21-10-12(7-17)9-19-21/h2-5,9-11H,8H2,1H3,(H2,18,20,22). The van der Waals surface area contributed by atoms with Crippen molar-refractivity contribution in [2.45, 2.75) is 6.92 Å². The minimum absolute atomic E-state index is 0.234. The van der Waals surface area contributed by atoms with Crippen molar-refractivity contribution in [1.29, 1.82) is 10.5 Å². The first-order valence-corrected chi connectivity index (χ1v) is 6.62. The molecule has 7 heteroatoms. The second kappa shape index (κ2) is 6.91. The molecule has 2 N–H and O–H groups in total. The molecule has 1 aromatic carbocycles. The quantitative estimate of drug-likeness (QED) is 0.899. The maximum Gasteiger partial charge on any atom is 0.319 e. The second-order valence-electron chi connectivity index (χ2n) is 4.70. The maximum atomic E-state index is 11.6. The highest BCUT2D eigenvalue weighted by molar-refractivity contribution is 5.89. The molecule has 0 spiro atoms. The monoisotopic (exact) mass is 294 g/mol. The van der Waals surface area contributed by atoms with Gasteiger partial charge in [-0.3, -0.25) is 0 Å². The predicted octanol–water partition coefficient (Wildman–Crippen LogP) is 2.03. The average Bonchev–Trinajstić information content (AvgIpc) is 3.02. The average molecular weight is 294 g/mol. The summed E-state index contributed by atoms with van der Waals surface area (Å²) in [5, 5.41) is 26.8. The van der Waals surface area contributed by atoms with Gasteiger partial charge in [0.2, 0.25) is 0 Å². The van der Waals surface area contributed by atoms with Gasteiger partial charge in [-0.25, -0.2) is 9.48 Å². The molecule has 0 bridgehead atoms. The van der Waals surface area contributed by atoms with Crippen LogP contribution in [-0.2, 0) is 0 Å². The number of rotatable bonds is 4. The molecule has 1 aromatic heterocycles. The Bertz CT molecular complexity index is 735. The Hall–Kier alpha value is -3.32. The third-order valence-corrected chi connectivity index (χ3v) is 2.89. The van der Waals surface area contributed by atoms with Crippen LogP contribution in [0.5, 0.6) is 0 Å². The zero-order valence-corrected chi connectivity index (χ0v) is 11.9. The van der Waals surface area contributed by atoms with E-state index < -0.39 is 0 Å². The summed E-state index contributed by atoms with van der Waals surface area (Å²) in [5.41, 5.74) is 1.89. The molecular formula is C15H14N6O. The molecule has 0 saturated heterocycles.